The number of rotatable bonds is 4. The maximum absolute atomic E-state index is 12.1. The molecule has 0 aliphatic heterocycles. The van der Waals surface area contributed by atoms with Gasteiger partial charge in [0.1, 0.15) is 11.6 Å². The van der Waals surface area contributed by atoms with Crippen LogP contribution in [0.1, 0.15) is 5.69 Å². The van der Waals surface area contributed by atoms with Gasteiger partial charge in [-0.15, -0.1) is 0 Å². The molecule has 0 saturated heterocycles. The highest BCUT2D eigenvalue weighted by Gasteiger charge is 2.10. The van der Waals surface area contributed by atoms with Crippen molar-refractivity contribution >= 4 is 40.5 Å². The van der Waals surface area contributed by atoms with Gasteiger partial charge >= 0.3 is 0 Å². The quantitative estimate of drug-likeness (QED) is 0.643. The number of aryl methyl sites for hydroxylation is 1. The van der Waals surface area contributed by atoms with Gasteiger partial charge in [0.2, 0.25) is 0 Å². The lowest BCUT2D eigenvalue weighted by Gasteiger charge is -2.06. The SMILES string of the molecule is Cc1ccc(N/C=C(/C#N)C(=O)Nc2ccc(Cl)c(Cl)c2)cn1. The molecule has 0 aliphatic carbocycles. The molecular weight excluding hydrogens is 335 g/mol. The Balaban J connectivity index is 2.08. The number of hydrogen-bond acceptors (Lipinski definition) is 4. The Morgan fingerprint density at radius 3 is 2.57 bits per heavy atom. The molecule has 1 aromatic heterocycles. The van der Waals surface area contributed by atoms with Crippen LogP contribution in [0.5, 0.6) is 0 Å². The van der Waals surface area contributed by atoms with Gasteiger partial charge in [0, 0.05) is 17.6 Å². The monoisotopic (exact) mass is 346 g/mol. The van der Waals surface area contributed by atoms with Crippen molar-refractivity contribution < 1.29 is 4.79 Å². The number of carbonyl (C=O) groups is 1. The van der Waals surface area contributed by atoms with E-state index in [2.05, 4.69) is 15.6 Å². The Kier molecular flexibility index (Phi) is 5.58. The number of pyridine rings is 1. The lowest BCUT2D eigenvalue weighted by Crippen LogP contribution is -2.14. The third-order valence-electron chi connectivity index (χ3n) is 2.84. The summed E-state index contributed by atoms with van der Waals surface area (Å²) >= 11 is 11.7. The van der Waals surface area contributed by atoms with Crippen LogP contribution in [0, 0.1) is 18.3 Å². The normalized spacial score (nSPS) is 10.8. The Labute approximate surface area is 143 Å². The molecule has 7 heteroatoms. The zero-order chi connectivity index (χ0) is 16.8. The van der Waals surface area contributed by atoms with Crippen molar-refractivity contribution in [2.24, 2.45) is 0 Å². The van der Waals surface area contributed by atoms with Crippen molar-refractivity contribution in [3.05, 3.63) is 64.0 Å². The van der Waals surface area contributed by atoms with E-state index in [0.717, 1.165) is 5.69 Å². The summed E-state index contributed by atoms with van der Waals surface area (Å²) in [5, 5.41) is 15.2. The Morgan fingerprint density at radius 2 is 1.96 bits per heavy atom. The van der Waals surface area contributed by atoms with Crippen molar-refractivity contribution in [2.45, 2.75) is 6.92 Å². The van der Waals surface area contributed by atoms with E-state index in [0.29, 0.717) is 21.4 Å². The second kappa shape index (κ2) is 7.63. The summed E-state index contributed by atoms with van der Waals surface area (Å²) in [7, 11) is 0. The zero-order valence-corrected chi connectivity index (χ0v) is 13.6. The average molecular weight is 347 g/mol. The molecule has 5 nitrogen and oxygen atoms in total. The van der Waals surface area contributed by atoms with E-state index in [-0.39, 0.29) is 5.57 Å². The molecule has 1 amide bonds. The fraction of sp³-hybridized carbons (Fsp3) is 0.0625. The number of halogens is 2. The number of nitriles is 1. The number of hydrogen-bond donors (Lipinski definition) is 2. The predicted octanol–water partition coefficient (Wildman–Crippen LogP) is 4.15. The molecular formula is C16H12Cl2N4O. The molecule has 0 aliphatic rings. The van der Waals surface area contributed by atoms with Gasteiger partial charge in [-0.1, -0.05) is 23.2 Å². The maximum atomic E-state index is 12.1. The van der Waals surface area contributed by atoms with Crippen LogP contribution in [0.4, 0.5) is 11.4 Å². The molecule has 0 saturated carbocycles. The highest BCUT2D eigenvalue weighted by molar-refractivity contribution is 6.42. The van der Waals surface area contributed by atoms with Crippen molar-refractivity contribution in [2.75, 3.05) is 10.6 Å². The second-order valence-corrected chi connectivity index (χ2v) is 5.40. The summed E-state index contributed by atoms with van der Waals surface area (Å²) in [6.07, 6.45) is 2.93. The van der Waals surface area contributed by atoms with Crippen LogP contribution in [0.15, 0.2) is 48.3 Å². The van der Waals surface area contributed by atoms with Crippen LogP contribution in [0.3, 0.4) is 0 Å². The third kappa shape index (κ3) is 4.71. The van der Waals surface area contributed by atoms with Gasteiger partial charge in [0.15, 0.2) is 0 Å². The van der Waals surface area contributed by atoms with E-state index in [9.17, 15) is 4.79 Å². The summed E-state index contributed by atoms with van der Waals surface area (Å²) in [5.41, 5.74) is 1.90. The topological polar surface area (TPSA) is 77.8 Å². The number of nitrogens with zero attached hydrogens (tertiary/aromatic N) is 2. The molecule has 0 radical (unpaired) electrons. The first kappa shape index (κ1) is 16.8. The first-order valence-corrected chi connectivity index (χ1v) is 7.31. The smallest absolute Gasteiger partial charge is 0.267 e. The predicted molar refractivity (Wildman–Crippen MR) is 91.4 cm³/mol. The summed E-state index contributed by atoms with van der Waals surface area (Å²) in [6, 6.07) is 10.1. The van der Waals surface area contributed by atoms with Gasteiger partial charge in [-0.05, 0) is 37.3 Å². The van der Waals surface area contributed by atoms with Crippen molar-refractivity contribution in [3.63, 3.8) is 0 Å². The molecule has 1 heterocycles. The molecule has 0 unspecified atom stereocenters. The zero-order valence-electron chi connectivity index (χ0n) is 12.1. The molecule has 2 aromatic rings. The van der Waals surface area contributed by atoms with Crippen molar-refractivity contribution in [1.29, 1.82) is 5.26 Å². The number of amides is 1. The van der Waals surface area contributed by atoms with E-state index in [1.165, 1.54) is 12.3 Å². The van der Waals surface area contributed by atoms with E-state index in [1.54, 1.807) is 24.4 Å². The largest absolute Gasteiger partial charge is 0.359 e. The molecule has 0 atom stereocenters. The molecule has 0 spiro atoms. The van der Waals surface area contributed by atoms with Crippen LogP contribution in [-0.4, -0.2) is 10.9 Å². The molecule has 2 rings (SSSR count). The van der Waals surface area contributed by atoms with Gasteiger partial charge in [-0.2, -0.15) is 5.26 Å². The number of nitrogens with one attached hydrogen (secondary N) is 2. The van der Waals surface area contributed by atoms with Crippen LogP contribution >= 0.6 is 23.2 Å². The first-order valence-electron chi connectivity index (χ1n) is 6.55. The van der Waals surface area contributed by atoms with Gasteiger partial charge < -0.3 is 10.6 Å². The van der Waals surface area contributed by atoms with Crippen molar-refractivity contribution in [1.82, 2.24) is 4.98 Å². The molecule has 0 fully saturated rings. The maximum Gasteiger partial charge on any atom is 0.267 e. The summed E-state index contributed by atoms with van der Waals surface area (Å²) < 4.78 is 0. The van der Waals surface area contributed by atoms with E-state index < -0.39 is 5.91 Å². The average Bonchev–Trinajstić information content (AvgIpc) is 2.53. The van der Waals surface area contributed by atoms with Gasteiger partial charge in [-0.3, -0.25) is 9.78 Å². The van der Waals surface area contributed by atoms with Gasteiger partial charge in [-0.25, -0.2) is 0 Å². The Morgan fingerprint density at radius 1 is 1.22 bits per heavy atom. The van der Waals surface area contributed by atoms with E-state index in [1.807, 2.05) is 19.1 Å². The third-order valence-corrected chi connectivity index (χ3v) is 3.58. The Hall–Kier alpha value is -2.55. The number of anilines is 2. The molecule has 2 N–H and O–H groups in total. The summed E-state index contributed by atoms with van der Waals surface area (Å²) in [5.74, 6) is -0.557. The summed E-state index contributed by atoms with van der Waals surface area (Å²) in [4.78, 5) is 16.2. The lowest BCUT2D eigenvalue weighted by molar-refractivity contribution is -0.112. The molecule has 0 bridgehead atoms. The first-order chi connectivity index (χ1) is 11.0. The minimum Gasteiger partial charge on any atom is -0.359 e. The number of aromatic nitrogens is 1. The number of carbonyl (C=O) groups excluding carboxylic acids is 1. The highest BCUT2D eigenvalue weighted by atomic mass is 35.5. The molecule has 23 heavy (non-hydrogen) atoms. The number of benzene rings is 1. The van der Waals surface area contributed by atoms with Crippen molar-refractivity contribution in [3.8, 4) is 6.07 Å². The molecule has 1 aromatic carbocycles. The van der Waals surface area contributed by atoms with Crippen LogP contribution in [-0.2, 0) is 4.79 Å². The van der Waals surface area contributed by atoms with Crippen LogP contribution < -0.4 is 10.6 Å². The van der Waals surface area contributed by atoms with Crippen LogP contribution in [0.2, 0.25) is 10.0 Å². The highest BCUT2D eigenvalue weighted by Crippen LogP contribution is 2.25. The Bertz CT molecular complexity index is 795. The fourth-order valence-corrected chi connectivity index (χ4v) is 1.93. The van der Waals surface area contributed by atoms with E-state index in [4.69, 9.17) is 28.5 Å². The standard InChI is InChI=1S/C16H12Cl2N4O/c1-10-2-3-13(9-20-10)21-8-11(7-19)16(23)22-12-4-5-14(17)15(18)6-12/h2-6,8-9,21H,1H3,(H,22,23)/b11-8-. The lowest BCUT2D eigenvalue weighted by atomic mass is 10.2. The molecule has 116 valence electrons. The fourth-order valence-electron chi connectivity index (χ4n) is 1.63. The van der Waals surface area contributed by atoms with E-state index >= 15 is 0 Å². The summed E-state index contributed by atoms with van der Waals surface area (Å²) in [6.45, 7) is 1.87. The van der Waals surface area contributed by atoms with Crippen LogP contribution in [0.25, 0.3) is 0 Å². The minimum absolute atomic E-state index is 0.0864. The second-order valence-electron chi connectivity index (χ2n) is 4.59. The van der Waals surface area contributed by atoms with Gasteiger partial charge in [0.05, 0.1) is 21.9 Å². The minimum atomic E-state index is -0.557. The van der Waals surface area contributed by atoms with Gasteiger partial charge in [0.25, 0.3) is 5.91 Å².